The molecule has 0 amide bonds. The number of rotatable bonds is 4. The minimum Gasteiger partial charge on any atom is -0.309 e. The summed E-state index contributed by atoms with van der Waals surface area (Å²) in [6.07, 6.45) is 1.86. The summed E-state index contributed by atoms with van der Waals surface area (Å²) in [5.74, 6) is 0. The van der Waals surface area contributed by atoms with Crippen LogP contribution in [0.3, 0.4) is 0 Å². The Bertz CT molecular complexity index is 267. The number of halogens is 2. The Hall–Kier alpha value is -0.500. The summed E-state index contributed by atoms with van der Waals surface area (Å²) in [7, 11) is 0. The van der Waals surface area contributed by atoms with Gasteiger partial charge in [-0.1, -0.05) is 41.4 Å². The Morgan fingerprint density at radius 1 is 1.23 bits per heavy atom. The van der Waals surface area contributed by atoms with E-state index in [2.05, 4.69) is 5.32 Å². The molecule has 0 unspecified atom stereocenters. The van der Waals surface area contributed by atoms with Gasteiger partial charge in [-0.05, 0) is 17.7 Å². The molecule has 0 spiro atoms. The van der Waals surface area contributed by atoms with E-state index in [9.17, 15) is 0 Å². The SMILES string of the molecule is Cl/C=C/CNCc1ccc(Cl)cc1. The number of nitrogens with one attached hydrogen (secondary N) is 1. The molecule has 1 N–H and O–H groups in total. The van der Waals surface area contributed by atoms with Crippen LogP contribution in [0.5, 0.6) is 0 Å². The highest BCUT2D eigenvalue weighted by molar-refractivity contribution is 6.30. The third-order valence-electron chi connectivity index (χ3n) is 1.59. The largest absolute Gasteiger partial charge is 0.309 e. The van der Waals surface area contributed by atoms with Crippen LogP contribution in [0.2, 0.25) is 5.02 Å². The molecular weight excluding hydrogens is 205 g/mol. The molecule has 3 heteroatoms. The number of hydrogen-bond acceptors (Lipinski definition) is 1. The van der Waals surface area contributed by atoms with Gasteiger partial charge in [0.05, 0.1) is 0 Å². The maximum absolute atomic E-state index is 5.75. The third-order valence-corrected chi connectivity index (χ3v) is 2.02. The molecule has 0 fully saturated rings. The van der Waals surface area contributed by atoms with Crippen LogP contribution in [0.25, 0.3) is 0 Å². The summed E-state index contributed by atoms with van der Waals surface area (Å²) in [5.41, 5.74) is 2.72. The highest BCUT2D eigenvalue weighted by Crippen LogP contribution is 2.08. The van der Waals surface area contributed by atoms with Crippen molar-refractivity contribution in [2.45, 2.75) is 6.54 Å². The van der Waals surface area contributed by atoms with Crippen LogP contribution in [0.4, 0.5) is 0 Å². The molecule has 0 radical (unpaired) electrons. The average Bonchev–Trinajstić information content (AvgIpc) is 2.15. The summed E-state index contributed by atoms with van der Waals surface area (Å²) in [6.45, 7) is 1.62. The first kappa shape index (κ1) is 10.6. The summed E-state index contributed by atoms with van der Waals surface area (Å²) in [5, 5.41) is 3.98. The normalized spacial score (nSPS) is 10.9. The van der Waals surface area contributed by atoms with Crippen molar-refractivity contribution in [3.8, 4) is 0 Å². The Morgan fingerprint density at radius 3 is 2.54 bits per heavy atom. The lowest BCUT2D eigenvalue weighted by molar-refractivity contribution is 0.760. The van der Waals surface area contributed by atoms with Crippen LogP contribution >= 0.6 is 23.2 Å². The molecule has 0 bridgehead atoms. The van der Waals surface area contributed by atoms with Gasteiger partial charge in [0.1, 0.15) is 0 Å². The fraction of sp³-hybridized carbons (Fsp3) is 0.200. The summed E-state index contributed by atoms with van der Waals surface area (Å²) >= 11 is 11.1. The van der Waals surface area contributed by atoms with Crippen LogP contribution < -0.4 is 5.32 Å². The zero-order chi connectivity index (χ0) is 9.52. The van der Waals surface area contributed by atoms with Gasteiger partial charge in [-0.15, -0.1) is 0 Å². The van der Waals surface area contributed by atoms with E-state index in [1.165, 1.54) is 11.1 Å². The van der Waals surface area contributed by atoms with E-state index in [0.29, 0.717) is 0 Å². The number of benzene rings is 1. The summed E-state index contributed by atoms with van der Waals surface area (Å²) < 4.78 is 0. The van der Waals surface area contributed by atoms with E-state index in [1.807, 2.05) is 30.3 Å². The third kappa shape index (κ3) is 4.32. The quantitative estimate of drug-likeness (QED) is 0.762. The van der Waals surface area contributed by atoms with Crippen LogP contribution in [-0.4, -0.2) is 6.54 Å². The monoisotopic (exact) mass is 215 g/mol. The van der Waals surface area contributed by atoms with Crippen molar-refractivity contribution in [1.82, 2.24) is 5.32 Å². The van der Waals surface area contributed by atoms with Gasteiger partial charge in [0.2, 0.25) is 0 Å². The molecule has 0 saturated heterocycles. The molecule has 0 heterocycles. The van der Waals surface area contributed by atoms with Crippen LogP contribution in [0.15, 0.2) is 35.9 Å². The van der Waals surface area contributed by atoms with Crippen LogP contribution in [-0.2, 0) is 6.54 Å². The first-order valence-electron chi connectivity index (χ1n) is 4.03. The zero-order valence-electron chi connectivity index (χ0n) is 7.13. The molecule has 1 aromatic rings. The average molecular weight is 216 g/mol. The maximum atomic E-state index is 5.75. The van der Waals surface area contributed by atoms with Gasteiger partial charge in [-0.2, -0.15) is 0 Å². The minimum atomic E-state index is 0.768. The molecular formula is C10H11Cl2N. The second-order valence-electron chi connectivity index (χ2n) is 2.62. The van der Waals surface area contributed by atoms with Gasteiger partial charge < -0.3 is 5.32 Å². The van der Waals surface area contributed by atoms with E-state index in [-0.39, 0.29) is 0 Å². The van der Waals surface area contributed by atoms with E-state index in [1.54, 1.807) is 0 Å². The van der Waals surface area contributed by atoms with Crippen molar-refractivity contribution in [2.75, 3.05) is 6.54 Å². The van der Waals surface area contributed by atoms with E-state index in [4.69, 9.17) is 23.2 Å². The van der Waals surface area contributed by atoms with Crippen molar-refractivity contribution in [2.24, 2.45) is 0 Å². The van der Waals surface area contributed by atoms with Crippen LogP contribution in [0.1, 0.15) is 5.56 Å². The van der Waals surface area contributed by atoms with E-state index >= 15 is 0 Å². The van der Waals surface area contributed by atoms with Crippen molar-refractivity contribution in [1.29, 1.82) is 0 Å². The fourth-order valence-electron chi connectivity index (χ4n) is 0.947. The summed E-state index contributed by atoms with van der Waals surface area (Å²) in [4.78, 5) is 0. The smallest absolute Gasteiger partial charge is 0.0406 e. The predicted molar refractivity (Wildman–Crippen MR) is 58.2 cm³/mol. The van der Waals surface area contributed by atoms with Crippen molar-refractivity contribution in [3.05, 3.63) is 46.5 Å². The topological polar surface area (TPSA) is 12.0 Å². The Labute approximate surface area is 88.4 Å². The lowest BCUT2D eigenvalue weighted by atomic mass is 10.2. The molecule has 0 atom stereocenters. The Balaban J connectivity index is 2.33. The van der Waals surface area contributed by atoms with Gasteiger partial charge in [0.25, 0.3) is 0 Å². The van der Waals surface area contributed by atoms with Gasteiger partial charge in [-0.25, -0.2) is 0 Å². The molecule has 1 nitrogen and oxygen atoms in total. The van der Waals surface area contributed by atoms with Crippen molar-refractivity contribution >= 4 is 23.2 Å². The van der Waals surface area contributed by atoms with Crippen molar-refractivity contribution in [3.63, 3.8) is 0 Å². The first-order valence-corrected chi connectivity index (χ1v) is 4.85. The van der Waals surface area contributed by atoms with Gasteiger partial charge in [-0.3, -0.25) is 0 Å². The molecule has 0 aliphatic heterocycles. The number of hydrogen-bond donors (Lipinski definition) is 1. The Kier molecular flexibility index (Phi) is 4.91. The predicted octanol–water partition coefficient (Wildman–Crippen LogP) is 3.18. The molecule has 1 aromatic carbocycles. The highest BCUT2D eigenvalue weighted by Gasteiger charge is 1.90. The molecule has 0 saturated carbocycles. The van der Waals surface area contributed by atoms with Gasteiger partial charge in [0, 0.05) is 23.6 Å². The maximum Gasteiger partial charge on any atom is 0.0406 e. The fourth-order valence-corrected chi connectivity index (χ4v) is 1.16. The van der Waals surface area contributed by atoms with E-state index in [0.717, 1.165) is 18.1 Å². The lowest BCUT2D eigenvalue weighted by Gasteiger charge is -2.01. The molecule has 1 rings (SSSR count). The lowest BCUT2D eigenvalue weighted by Crippen LogP contribution is -2.12. The highest BCUT2D eigenvalue weighted by atomic mass is 35.5. The summed E-state index contributed by atoms with van der Waals surface area (Å²) in [6, 6.07) is 7.77. The second kappa shape index (κ2) is 6.03. The minimum absolute atomic E-state index is 0.768. The standard InChI is InChI=1S/C10H11Cl2N/c11-6-1-7-13-8-9-2-4-10(12)5-3-9/h1-6,13H,7-8H2/b6-1+. The van der Waals surface area contributed by atoms with Gasteiger partial charge >= 0.3 is 0 Å². The zero-order valence-corrected chi connectivity index (χ0v) is 8.65. The van der Waals surface area contributed by atoms with Crippen LogP contribution in [0, 0.1) is 0 Å². The Morgan fingerprint density at radius 2 is 1.92 bits per heavy atom. The second-order valence-corrected chi connectivity index (χ2v) is 3.31. The molecule has 70 valence electrons. The molecule has 0 aromatic heterocycles. The molecule has 0 aliphatic rings. The molecule has 13 heavy (non-hydrogen) atoms. The first-order chi connectivity index (χ1) is 6.33. The van der Waals surface area contributed by atoms with E-state index < -0.39 is 0 Å². The van der Waals surface area contributed by atoms with Gasteiger partial charge in [0.15, 0.2) is 0 Å². The molecule has 0 aliphatic carbocycles. The van der Waals surface area contributed by atoms with Crippen molar-refractivity contribution < 1.29 is 0 Å².